The number of hydrogen-bond acceptors (Lipinski definition) is 4. The Morgan fingerprint density at radius 2 is 1.78 bits per heavy atom. The number of carbonyl (C=O) groups is 2. The van der Waals surface area contributed by atoms with Gasteiger partial charge in [-0.3, -0.25) is 9.59 Å². The molecule has 0 spiro atoms. The molecule has 1 aliphatic heterocycles. The molecule has 1 saturated heterocycles. The van der Waals surface area contributed by atoms with Crippen molar-refractivity contribution in [3.63, 3.8) is 0 Å². The molecule has 0 aromatic heterocycles. The first kappa shape index (κ1) is 19.2. The molecule has 0 bridgehead atoms. The van der Waals surface area contributed by atoms with Crippen molar-refractivity contribution in [2.45, 2.75) is 12.7 Å². The van der Waals surface area contributed by atoms with E-state index in [2.05, 4.69) is 10.1 Å². The number of amides is 2. The molecule has 3 rings (SSSR count). The Labute approximate surface area is 159 Å². The number of ether oxygens (including phenoxy) is 1. The van der Waals surface area contributed by atoms with Crippen molar-refractivity contribution in [3.05, 3.63) is 65.7 Å². The molecule has 1 heterocycles. The zero-order chi connectivity index (χ0) is 19.2. The van der Waals surface area contributed by atoms with Gasteiger partial charge in [-0.15, -0.1) is 0 Å². The lowest BCUT2D eigenvalue weighted by molar-refractivity contribution is -0.122. The highest BCUT2D eigenvalue weighted by molar-refractivity contribution is 8.13. The summed E-state index contributed by atoms with van der Waals surface area (Å²) in [5.74, 6) is 0.444. The van der Waals surface area contributed by atoms with Crippen LogP contribution in [0.4, 0.5) is 13.6 Å². The van der Waals surface area contributed by atoms with Gasteiger partial charge in [0.1, 0.15) is 12.3 Å². The third-order valence-corrected chi connectivity index (χ3v) is 4.95. The summed E-state index contributed by atoms with van der Waals surface area (Å²) >= 11 is 1.20. The molecule has 1 unspecified atom stereocenters. The van der Waals surface area contributed by atoms with Crippen LogP contribution in [0.1, 0.15) is 17.2 Å². The van der Waals surface area contributed by atoms with Crippen molar-refractivity contribution in [3.8, 4) is 5.75 Å². The van der Waals surface area contributed by atoms with Crippen molar-refractivity contribution in [1.29, 1.82) is 0 Å². The number of carbonyl (C=O) groups excluding carboxylic acids is 2. The molecule has 1 fully saturated rings. The average Bonchev–Trinajstić information content (AvgIpc) is 3.05. The van der Waals surface area contributed by atoms with Crippen LogP contribution in [0.5, 0.6) is 5.75 Å². The zero-order valence-corrected chi connectivity index (χ0v) is 15.1. The molecule has 1 aliphatic rings. The number of benzene rings is 2. The topological polar surface area (TPSA) is 58.6 Å². The predicted octanol–water partition coefficient (Wildman–Crippen LogP) is 3.66. The van der Waals surface area contributed by atoms with Crippen molar-refractivity contribution < 1.29 is 23.1 Å². The fourth-order valence-corrected chi connectivity index (χ4v) is 3.62. The van der Waals surface area contributed by atoms with Crippen molar-refractivity contribution in [1.82, 2.24) is 10.2 Å². The summed E-state index contributed by atoms with van der Waals surface area (Å²) in [4.78, 5) is 25.7. The Morgan fingerprint density at radius 1 is 1.11 bits per heavy atom. The molecule has 1 N–H and O–H groups in total. The van der Waals surface area contributed by atoms with Crippen LogP contribution in [0.3, 0.4) is 0 Å². The standard InChI is InChI=1S/C19H18F2N2O3S/c20-18(21)26-15-8-6-14(7-9-15)17(13-4-2-1-3-5-13)22-16(24)12-23-10-11-27-19(23)25/h1-9,17-18H,10-12H2,(H,22,24). The van der Waals surface area contributed by atoms with E-state index in [1.54, 1.807) is 12.1 Å². The average molecular weight is 392 g/mol. The Balaban J connectivity index is 1.77. The molecule has 27 heavy (non-hydrogen) atoms. The van der Waals surface area contributed by atoms with Gasteiger partial charge in [0.15, 0.2) is 0 Å². The van der Waals surface area contributed by atoms with E-state index in [0.29, 0.717) is 12.3 Å². The molecule has 142 valence electrons. The molecule has 0 radical (unpaired) electrons. The van der Waals surface area contributed by atoms with Gasteiger partial charge in [-0.2, -0.15) is 8.78 Å². The number of rotatable bonds is 7. The van der Waals surface area contributed by atoms with E-state index < -0.39 is 12.7 Å². The summed E-state index contributed by atoms with van der Waals surface area (Å²) in [6, 6.07) is 15.0. The van der Waals surface area contributed by atoms with Crippen LogP contribution in [-0.2, 0) is 4.79 Å². The number of nitrogens with zero attached hydrogens (tertiary/aromatic N) is 1. The first-order valence-electron chi connectivity index (χ1n) is 8.34. The Bertz CT molecular complexity index is 787. The molecule has 5 nitrogen and oxygen atoms in total. The van der Waals surface area contributed by atoms with Crippen LogP contribution in [-0.4, -0.2) is 41.5 Å². The largest absolute Gasteiger partial charge is 0.435 e. The van der Waals surface area contributed by atoms with E-state index in [9.17, 15) is 18.4 Å². The molecule has 2 aromatic carbocycles. The number of halogens is 2. The zero-order valence-electron chi connectivity index (χ0n) is 14.3. The summed E-state index contributed by atoms with van der Waals surface area (Å²) in [7, 11) is 0. The third kappa shape index (κ3) is 5.19. The molecule has 8 heteroatoms. The van der Waals surface area contributed by atoms with Crippen molar-refractivity contribution >= 4 is 22.9 Å². The number of thioether (sulfide) groups is 1. The Hall–Kier alpha value is -2.61. The van der Waals surface area contributed by atoms with E-state index in [-0.39, 0.29) is 23.4 Å². The molecule has 0 saturated carbocycles. The molecular formula is C19H18F2N2O3S. The number of hydrogen-bond donors (Lipinski definition) is 1. The smallest absolute Gasteiger partial charge is 0.387 e. The van der Waals surface area contributed by atoms with Gasteiger partial charge in [0, 0.05) is 12.3 Å². The van der Waals surface area contributed by atoms with Gasteiger partial charge in [-0.25, -0.2) is 0 Å². The van der Waals surface area contributed by atoms with Crippen molar-refractivity contribution in [2.75, 3.05) is 18.8 Å². The van der Waals surface area contributed by atoms with E-state index in [4.69, 9.17) is 0 Å². The molecule has 2 amide bonds. The highest BCUT2D eigenvalue weighted by atomic mass is 32.2. The Kier molecular flexibility index (Phi) is 6.28. The van der Waals surface area contributed by atoms with E-state index in [1.807, 2.05) is 30.3 Å². The predicted molar refractivity (Wildman–Crippen MR) is 98.9 cm³/mol. The van der Waals surface area contributed by atoms with Gasteiger partial charge in [0.2, 0.25) is 5.91 Å². The van der Waals surface area contributed by atoms with Gasteiger partial charge in [-0.1, -0.05) is 54.2 Å². The van der Waals surface area contributed by atoms with Crippen LogP contribution in [0.2, 0.25) is 0 Å². The maximum absolute atomic E-state index is 12.5. The van der Waals surface area contributed by atoms with Crippen LogP contribution in [0.25, 0.3) is 0 Å². The van der Waals surface area contributed by atoms with Gasteiger partial charge in [0.25, 0.3) is 5.24 Å². The van der Waals surface area contributed by atoms with Gasteiger partial charge in [0.05, 0.1) is 6.04 Å². The summed E-state index contributed by atoms with van der Waals surface area (Å²) in [5.41, 5.74) is 1.56. The minimum absolute atomic E-state index is 0.0122. The van der Waals surface area contributed by atoms with Gasteiger partial charge < -0.3 is 15.0 Å². The minimum Gasteiger partial charge on any atom is -0.435 e. The lowest BCUT2D eigenvalue weighted by atomic mass is 9.98. The summed E-state index contributed by atoms with van der Waals surface area (Å²) < 4.78 is 29.0. The highest BCUT2D eigenvalue weighted by Gasteiger charge is 2.25. The molecular weight excluding hydrogens is 374 g/mol. The Morgan fingerprint density at radius 3 is 2.37 bits per heavy atom. The summed E-state index contributed by atoms with van der Waals surface area (Å²) in [6.07, 6.45) is 0. The molecule has 1 atom stereocenters. The highest BCUT2D eigenvalue weighted by Crippen LogP contribution is 2.25. The fraction of sp³-hybridized carbons (Fsp3) is 0.263. The SMILES string of the molecule is O=C(CN1CCSC1=O)NC(c1ccccc1)c1ccc(OC(F)F)cc1. The van der Waals surface area contributed by atoms with E-state index in [0.717, 1.165) is 11.1 Å². The molecule has 2 aromatic rings. The van der Waals surface area contributed by atoms with Crippen LogP contribution >= 0.6 is 11.8 Å². The summed E-state index contributed by atoms with van der Waals surface area (Å²) in [5, 5.41) is 2.82. The molecule has 0 aliphatic carbocycles. The van der Waals surface area contributed by atoms with Crippen LogP contribution in [0.15, 0.2) is 54.6 Å². The van der Waals surface area contributed by atoms with Crippen molar-refractivity contribution in [2.24, 2.45) is 0 Å². The maximum Gasteiger partial charge on any atom is 0.387 e. The second-order valence-electron chi connectivity index (χ2n) is 5.89. The minimum atomic E-state index is -2.89. The van der Waals surface area contributed by atoms with Gasteiger partial charge in [-0.05, 0) is 23.3 Å². The number of alkyl halides is 2. The van der Waals surface area contributed by atoms with Crippen LogP contribution < -0.4 is 10.1 Å². The second-order valence-corrected chi connectivity index (χ2v) is 6.94. The number of nitrogens with one attached hydrogen (secondary N) is 1. The second kappa shape index (κ2) is 8.85. The lowest BCUT2D eigenvalue weighted by Crippen LogP contribution is -2.39. The third-order valence-electron chi connectivity index (χ3n) is 4.06. The van der Waals surface area contributed by atoms with Crippen LogP contribution in [0, 0.1) is 0 Å². The van der Waals surface area contributed by atoms with Gasteiger partial charge >= 0.3 is 6.61 Å². The first-order chi connectivity index (χ1) is 13.0. The van der Waals surface area contributed by atoms with E-state index in [1.165, 1.54) is 28.8 Å². The monoisotopic (exact) mass is 392 g/mol. The summed E-state index contributed by atoms with van der Waals surface area (Å²) in [6.45, 7) is -2.36. The first-order valence-corrected chi connectivity index (χ1v) is 9.32. The fourth-order valence-electron chi connectivity index (χ4n) is 2.80. The quantitative estimate of drug-likeness (QED) is 0.781. The normalized spacial score (nSPS) is 15.1. The lowest BCUT2D eigenvalue weighted by Gasteiger charge is -2.22. The maximum atomic E-state index is 12.5. The van der Waals surface area contributed by atoms with E-state index >= 15 is 0 Å².